The van der Waals surface area contributed by atoms with E-state index in [1.165, 1.54) is 0 Å². The van der Waals surface area contributed by atoms with E-state index in [2.05, 4.69) is 10.6 Å². The summed E-state index contributed by atoms with van der Waals surface area (Å²) in [5.41, 5.74) is 1.60. The first-order valence-electron chi connectivity index (χ1n) is 7.68. The van der Waals surface area contributed by atoms with Crippen LogP contribution < -0.4 is 24.8 Å². The molecule has 2 rings (SSSR count). The fourth-order valence-corrected chi connectivity index (χ4v) is 2.36. The summed E-state index contributed by atoms with van der Waals surface area (Å²) in [7, 11) is 3.15. The first-order chi connectivity index (χ1) is 12.0. The van der Waals surface area contributed by atoms with E-state index < -0.39 is 0 Å². The summed E-state index contributed by atoms with van der Waals surface area (Å²) in [4.78, 5) is 11.9. The average Bonchev–Trinajstić information content (AvgIpc) is 2.60. The zero-order valence-corrected chi connectivity index (χ0v) is 15.1. The van der Waals surface area contributed by atoms with E-state index in [4.69, 9.17) is 25.8 Å². The number of anilines is 1. The number of carbonyl (C=O) groups excluding carboxylic acids is 1. The Labute approximate surface area is 152 Å². The summed E-state index contributed by atoms with van der Waals surface area (Å²) in [6.07, 6.45) is 0. The summed E-state index contributed by atoms with van der Waals surface area (Å²) in [6, 6.07) is 10.2. The van der Waals surface area contributed by atoms with Crippen molar-refractivity contribution in [2.24, 2.45) is 0 Å². The molecule has 0 atom stereocenters. The van der Waals surface area contributed by atoms with Crippen LogP contribution in [0.4, 0.5) is 10.5 Å². The number of hydrogen-bond acceptors (Lipinski definition) is 4. The largest absolute Gasteiger partial charge is 0.496 e. The highest BCUT2D eigenvalue weighted by atomic mass is 35.5. The Morgan fingerprint density at radius 3 is 2.28 bits per heavy atom. The third kappa shape index (κ3) is 5.76. The smallest absolute Gasteiger partial charge is 0.319 e. The van der Waals surface area contributed by atoms with E-state index >= 15 is 0 Å². The lowest BCUT2D eigenvalue weighted by molar-refractivity contribution is 0.247. The molecule has 2 aromatic carbocycles. The Bertz CT molecular complexity index is 715. The van der Waals surface area contributed by atoms with Crippen LogP contribution >= 0.6 is 11.6 Å². The molecule has 0 aliphatic heterocycles. The molecular formula is C18H21ClN2O4. The van der Waals surface area contributed by atoms with Crippen molar-refractivity contribution in [1.82, 2.24) is 5.32 Å². The van der Waals surface area contributed by atoms with Gasteiger partial charge in [0.05, 0.1) is 20.8 Å². The lowest BCUT2D eigenvalue weighted by Crippen LogP contribution is -2.32. The highest BCUT2D eigenvalue weighted by Crippen LogP contribution is 2.27. The normalized spacial score (nSPS) is 10.1. The Hall–Kier alpha value is -2.60. The van der Waals surface area contributed by atoms with Crippen molar-refractivity contribution in [3.63, 3.8) is 0 Å². The second kappa shape index (κ2) is 9.03. The molecule has 25 heavy (non-hydrogen) atoms. The van der Waals surface area contributed by atoms with Crippen LogP contribution in [0.1, 0.15) is 5.56 Å². The predicted octanol–water partition coefficient (Wildman–Crippen LogP) is 3.87. The van der Waals surface area contributed by atoms with Gasteiger partial charge in [0.1, 0.15) is 23.9 Å². The topological polar surface area (TPSA) is 68.8 Å². The number of methoxy groups -OCH3 is 2. The van der Waals surface area contributed by atoms with Crippen molar-refractivity contribution in [2.75, 3.05) is 32.7 Å². The Morgan fingerprint density at radius 1 is 1.04 bits per heavy atom. The van der Waals surface area contributed by atoms with Crippen molar-refractivity contribution in [3.8, 4) is 17.2 Å². The standard InChI is InChI=1S/C18H21ClN2O4/c1-12-8-13(19)4-5-17(12)21-18(22)20-6-7-25-16-10-14(23-2)9-15(11-16)24-3/h4-5,8-11H,6-7H2,1-3H3,(H2,20,21,22). The van der Waals surface area contributed by atoms with Crippen LogP contribution in [-0.4, -0.2) is 33.4 Å². The number of rotatable bonds is 7. The van der Waals surface area contributed by atoms with Gasteiger partial charge in [-0.1, -0.05) is 11.6 Å². The number of benzene rings is 2. The third-order valence-corrected chi connectivity index (χ3v) is 3.65. The van der Waals surface area contributed by atoms with Crippen LogP contribution in [-0.2, 0) is 0 Å². The summed E-state index contributed by atoms with van der Waals surface area (Å²) >= 11 is 5.89. The van der Waals surface area contributed by atoms with Gasteiger partial charge in [0.2, 0.25) is 0 Å². The predicted molar refractivity (Wildman–Crippen MR) is 98.3 cm³/mol. The minimum atomic E-state index is -0.308. The van der Waals surface area contributed by atoms with Crippen LogP contribution in [0.25, 0.3) is 0 Å². The molecule has 6 nitrogen and oxygen atoms in total. The van der Waals surface area contributed by atoms with Gasteiger partial charge < -0.3 is 24.8 Å². The second-order valence-electron chi connectivity index (χ2n) is 5.24. The third-order valence-electron chi connectivity index (χ3n) is 3.42. The Kier molecular flexibility index (Phi) is 6.77. The molecule has 2 N–H and O–H groups in total. The van der Waals surface area contributed by atoms with Crippen LogP contribution in [0, 0.1) is 6.92 Å². The second-order valence-corrected chi connectivity index (χ2v) is 5.67. The number of carbonyl (C=O) groups is 1. The van der Waals surface area contributed by atoms with Gasteiger partial charge in [0.15, 0.2) is 0 Å². The van der Waals surface area contributed by atoms with Crippen molar-refractivity contribution < 1.29 is 19.0 Å². The van der Waals surface area contributed by atoms with Gasteiger partial charge in [-0.2, -0.15) is 0 Å². The molecule has 7 heteroatoms. The molecule has 0 fully saturated rings. The quantitative estimate of drug-likeness (QED) is 0.732. The molecule has 0 radical (unpaired) electrons. The fourth-order valence-electron chi connectivity index (χ4n) is 2.13. The molecule has 2 amide bonds. The maximum absolute atomic E-state index is 11.9. The molecule has 0 spiro atoms. The van der Waals surface area contributed by atoms with Crippen molar-refractivity contribution in [2.45, 2.75) is 6.92 Å². The van der Waals surface area contributed by atoms with Gasteiger partial charge >= 0.3 is 6.03 Å². The molecule has 0 bridgehead atoms. The fraction of sp³-hybridized carbons (Fsp3) is 0.278. The summed E-state index contributed by atoms with van der Waals surface area (Å²) in [5, 5.41) is 6.13. The highest BCUT2D eigenvalue weighted by molar-refractivity contribution is 6.30. The van der Waals surface area contributed by atoms with E-state index in [-0.39, 0.29) is 6.03 Å². The molecular weight excluding hydrogens is 344 g/mol. The number of halogens is 1. The van der Waals surface area contributed by atoms with E-state index in [9.17, 15) is 4.79 Å². The van der Waals surface area contributed by atoms with Crippen LogP contribution in [0.5, 0.6) is 17.2 Å². The highest BCUT2D eigenvalue weighted by Gasteiger charge is 2.06. The maximum Gasteiger partial charge on any atom is 0.319 e. The van der Waals surface area contributed by atoms with Crippen LogP contribution in [0.15, 0.2) is 36.4 Å². The lowest BCUT2D eigenvalue weighted by atomic mass is 10.2. The SMILES string of the molecule is COc1cc(OC)cc(OCCNC(=O)Nc2ccc(Cl)cc2C)c1. The van der Waals surface area contributed by atoms with E-state index in [0.29, 0.717) is 41.1 Å². The van der Waals surface area contributed by atoms with E-state index in [0.717, 1.165) is 5.56 Å². The van der Waals surface area contributed by atoms with Gasteiger partial charge in [0.25, 0.3) is 0 Å². The van der Waals surface area contributed by atoms with Gasteiger partial charge in [-0.3, -0.25) is 0 Å². The van der Waals surface area contributed by atoms with Gasteiger partial charge in [-0.05, 0) is 30.7 Å². The minimum Gasteiger partial charge on any atom is -0.496 e. The molecule has 0 saturated heterocycles. The van der Waals surface area contributed by atoms with Crippen molar-refractivity contribution in [3.05, 3.63) is 47.0 Å². The zero-order valence-electron chi connectivity index (χ0n) is 14.4. The van der Waals surface area contributed by atoms with Crippen molar-refractivity contribution >= 4 is 23.3 Å². The summed E-state index contributed by atoms with van der Waals surface area (Å²) < 4.78 is 16.0. The Balaban J connectivity index is 1.80. The Morgan fingerprint density at radius 2 is 1.68 bits per heavy atom. The zero-order chi connectivity index (χ0) is 18.2. The van der Waals surface area contributed by atoms with Crippen LogP contribution in [0.3, 0.4) is 0 Å². The molecule has 134 valence electrons. The van der Waals surface area contributed by atoms with Gasteiger partial charge in [0, 0.05) is 28.9 Å². The van der Waals surface area contributed by atoms with E-state index in [1.807, 2.05) is 6.92 Å². The lowest BCUT2D eigenvalue weighted by Gasteiger charge is -2.12. The molecule has 0 heterocycles. The van der Waals surface area contributed by atoms with E-state index in [1.54, 1.807) is 50.6 Å². The first-order valence-corrected chi connectivity index (χ1v) is 8.06. The molecule has 0 aliphatic carbocycles. The molecule has 0 unspecified atom stereocenters. The molecule has 0 saturated carbocycles. The monoisotopic (exact) mass is 364 g/mol. The molecule has 0 aromatic heterocycles. The van der Waals surface area contributed by atoms with Gasteiger partial charge in [-0.15, -0.1) is 0 Å². The number of urea groups is 1. The van der Waals surface area contributed by atoms with Crippen LogP contribution in [0.2, 0.25) is 5.02 Å². The number of hydrogen-bond donors (Lipinski definition) is 2. The average molecular weight is 365 g/mol. The number of nitrogens with one attached hydrogen (secondary N) is 2. The minimum absolute atomic E-state index is 0.308. The molecule has 2 aromatic rings. The molecule has 0 aliphatic rings. The summed E-state index contributed by atoms with van der Waals surface area (Å²) in [6.45, 7) is 2.53. The first kappa shape index (κ1) is 18.7. The maximum atomic E-state index is 11.9. The summed E-state index contributed by atoms with van der Waals surface area (Å²) in [5.74, 6) is 1.88. The number of aryl methyl sites for hydroxylation is 1. The number of ether oxygens (including phenoxy) is 3. The number of amides is 2. The van der Waals surface area contributed by atoms with Gasteiger partial charge in [-0.25, -0.2) is 4.79 Å². The van der Waals surface area contributed by atoms with Crippen molar-refractivity contribution in [1.29, 1.82) is 0 Å².